The number of aromatic carboxylic acids is 1. The Morgan fingerprint density at radius 2 is 2.05 bits per heavy atom. The highest BCUT2D eigenvalue weighted by Gasteiger charge is 2.38. The number of nitrogens with one attached hydrogen (secondary N) is 1. The van der Waals surface area contributed by atoms with Crippen molar-refractivity contribution in [2.75, 3.05) is 13.7 Å². The molecule has 0 spiro atoms. The minimum Gasteiger partial charge on any atom is -0.496 e. The Hall–Kier alpha value is -3.86. The lowest BCUT2D eigenvalue weighted by atomic mass is 9.88. The molecule has 2 unspecified atom stereocenters. The number of carbonyl (C=O) groups is 1. The first-order chi connectivity index (χ1) is 17.7. The zero-order valence-electron chi connectivity index (χ0n) is 20.3. The molecule has 4 aromatic rings. The molecule has 0 radical (unpaired) electrons. The molecule has 1 aliphatic rings. The molecule has 0 amide bonds. The summed E-state index contributed by atoms with van der Waals surface area (Å²) >= 11 is 0. The number of fused-ring (bicyclic) bond motifs is 1. The fourth-order valence-corrected chi connectivity index (χ4v) is 5.30. The summed E-state index contributed by atoms with van der Waals surface area (Å²) < 4.78 is 46.4. The Morgan fingerprint density at radius 1 is 1.27 bits per heavy atom. The predicted octanol–water partition coefficient (Wildman–Crippen LogP) is 5.37. The number of aromatic amines is 1. The van der Waals surface area contributed by atoms with Crippen molar-refractivity contribution >= 4 is 16.9 Å². The Bertz CT molecular complexity index is 1450. The summed E-state index contributed by atoms with van der Waals surface area (Å²) in [7, 11) is 1.61. The minimum atomic E-state index is -4.63. The lowest BCUT2D eigenvalue weighted by Gasteiger charge is -2.40. The third-order valence-corrected chi connectivity index (χ3v) is 7.06. The number of H-pyrrole nitrogens is 1. The van der Waals surface area contributed by atoms with Gasteiger partial charge in [0.15, 0.2) is 0 Å². The first-order valence-electron chi connectivity index (χ1n) is 11.9. The second kappa shape index (κ2) is 9.55. The fourth-order valence-electron chi connectivity index (χ4n) is 5.30. The van der Waals surface area contributed by atoms with Crippen LogP contribution in [0.4, 0.5) is 13.2 Å². The van der Waals surface area contributed by atoms with Gasteiger partial charge in [-0.25, -0.2) is 14.5 Å². The number of aromatic nitrogens is 4. The molecule has 0 aliphatic carbocycles. The molecule has 8 nitrogen and oxygen atoms in total. The molecule has 1 fully saturated rings. The van der Waals surface area contributed by atoms with Gasteiger partial charge in [-0.15, -0.1) is 5.10 Å². The second-order valence-corrected chi connectivity index (χ2v) is 9.24. The van der Waals surface area contributed by atoms with Crippen molar-refractivity contribution in [3.63, 3.8) is 0 Å². The third kappa shape index (κ3) is 4.66. The van der Waals surface area contributed by atoms with Gasteiger partial charge in [0.2, 0.25) is 0 Å². The number of ether oxygens (including phenoxy) is 1. The number of carboxylic acids is 1. The Kier molecular flexibility index (Phi) is 6.40. The summed E-state index contributed by atoms with van der Waals surface area (Å²) in [6.07, 6.45) is -0.764. The highest BCUT2D eigenvalue weighted by Crippen LogP contribution is 2.41. The van der Waals surface area contributed by atoms with Gasteiger partial charge in [-0.3, -0.25) is 4.90 Å². The van der Waals surface area contributed by atoms with Crippen LogP contribution in [0.25, 0.3) is 10.9 Å². The molecule has 0 bridgehead atoms. The molecule has 2 N–H and O–H groups in total. The van der Waals surface area contributed by atoms with E-state index in [2.05, 4.69) is 20.0 Å². The summed E-state index contributed by atoms with van der Waals surface area (Å²) in [5.41, 5.74) is 3.76. The molecule has 0 saturated carbocycles. The maximum atomic E-state index is 13.1. The van der Waals surface area contributed by atoms with E-state index in [-0.39, 0.29) is 17.6 Å². The SMILES string of the molecule is COc1cc(C)c2[nH]ccc2c1CN1CCC(n2cnc(C(F)(F)F)n2)CC1c1ccccc1C(=O)O. The number of methoxy groups -OCH3 is 1. The van der Waals surface area contributed by atoms with Gasteiger partial charge >= 0.3 is 12.1 Å². The standard InChI is InChI=1S/C26H26F3N5O3/c1-15-11-22(37-2)20(18-7-9-30-23(15)18)13-33-10-8-16(34-14-31-25(32-34)26(27,28)29)12-21(33)17-5-3-4-6-19(17)24(35)36/h3-7,9,11,14,16,21,30H,8,10,12-13H2,1-2H3,(H,35,36). The van der Waals surface area contributed by atoms with Crippen LogP contribution in [-0.4, -0.2) is 49.4 Å². The quantitative estimate of drug-likeness (QED) is 0.360. The Morgan fingerprint density at radius 3 is 2.76 bits per heavy atom. The minimum absolute atomic E-state index is 0.162. The molecule has 2 aromatic heterocycles. The van der Waals surface area contributed by atoms with Crippen molar-refractivity contribution in [3.05, 3.63) is 77.0 Å². The van der Waals surface area contributed by atoms with Crippen LogP contribution in [0.3, 0.4) is 0 Å². The summed E-state index contributed by atoms with van der Waals surface area (Å²) in [5, 5.41) is 14.6. The number of hydrogen-bond donors (Lipinski definition) is 2. The first-order valence-corrected chi connectivity index (χ1v) is 11.9. The molecule has 1 saturated heterocycles. The molecule has 3 heterocycles. The van der Waals surface area contributed by atoms with E-state index in [1.807, 2.05) is 25.3 Å². The average molecular weight is 514 g/mol. The first kappa shape index (κ1) is 24.8. The fraction of sp³-hybridized carbons (Fsp3) is 0.346. The number of carboxylic acid groups (broad SMARTS) is 1. The van der Waals surface area contributed by atoms with Crippen molar-refractivity contribution in [1.82, 2.24) is 24.6 Å². The van der Waals surface area contributed by atoms with Crippen LogP contribution in [0.2, 0.25) is 0 Å². The summed E-state index contributed by atoms with van der Waals surface area (Å²) in [5.74, 6) is -1.52. The summed E-state index contributed by atoms with van der Waals surface area (Å²) in [6.45, 7) is 2.97. The zero-order valence-corrected chi connectivity index (χ0v) is 20.3. The van der Waals surface area contributed by atoms with Gasteiger partial charge in [-0.2, -0.15) is 13.2 Å². The van der Waals surface area contributed by atoms with Crippen molar-refractivity contribution in [3.8, 4) is 5.75 Å². The number of alkyl halides is 3. The van der Waals surface area contributed by atoms with E-state index in [0.717, 1.165) is 34.1 Å². The predicted molar refractivity (Wildman–Crippen MR) is 129 cm³/mol. The van der Waals surface area contributed by atoms with Crippen molar-refractivity contribution < 1.29 is 27.8 Å². The van der Waals surface area contributed by atoms with Gasteiger partial charge in [0.05, 0.1) is 18.7 Å². The Labute approximate surface area is 210 Å². The van der Waals surface area contributed by atoms with Crippen LogP contribution < -0.4 is 4.74 Å². The number of likely N-dealkylation sites (tertiary alicyclic amines) is 1. The maximum Gasteiger partial charge on any atom is 0.453 e. The number of benzene rings is 2. The monoisotopic (exact) mass is 513 g/mol. The summed E-state index contributed by atoms with van der Waals surface area (Å²) in [4.78, 5) is 21.0. The Balaban J connectivity index is 1.54. The van der Waals surface area contributed by atoms with Gasteiger partial charge in [0, 0.05) is 41.8 Å². The highest BCUT2D eigenvalue weighted by molar-refractivity contribution is 5.90. The van der Waals surface area contributed by atoms with Crippen LogP contribution in [0.1, 0.15) is 57.8 Å². The van der Waals surface area contributed by atoms with Gasteiger partial charge in [-0.1, -0.05) is 18.2 Å². The van der Waals surface area contributed by atoms with Gasteiger partial charge in [-0.05, 0) is 49.1 Å². The van der Waals surface area contributed by atoms with E-state index in [9.17, 15) is 23.1 Å². The van der Waals surface area contributed by atoms with Gasteiger partial charge in [0.1, 0.15) is 12.1 Å². The molecule has 2 atom stereocenters. The van der Waals surface area contributed by atoms with E-state index < -0.39 is 18.0 Å². The summed E-state index contributed by atoms with van der Waals surface area (Å²) in [6, 6.07) is 9.95. The number of piperidine rings is 1. The molecular formula is C26H26F3N5O3. The topological polar surface area (TPSA) is 96.3 Å². The largest absolute Gasteiger partial charge is 0.496 e. The number of nitrogens with zero attached hydrogens (tertiary/aromatic N) is 4. The smallest absolute Gasteiger partial charge is 0.453 e. The van der Waals surface area contributed by atoms with E-state index in [1.54, 1.807) is 31.4 Å². The maximum absolute atomic E-state index is 13.1. The van der Waals surface area contributed by atoms with Crippen molar-refractivity contribution in [2.24, 2.45) is 0 Å². The molecule has 2 aromatic carbocycles. The van der Waals surface area contributed by atoms with E-state index in [0.29, 0.717) is 31.5 Å². The second-order valence-electron chi connectivity index (χ2n) is 9.24. The lowest BCUT2D eigenvalue weighted by molar-refractivity contribution is -0.145. The molecule has 1 aliphatic heterocycles. The van der Waals surface area contributed by atoms with E-state index in [4.69, 9.17) is 4.74 Å². The van der Waals surface area contributed by atoms with Crippen molar-refractivity contribution in [1.29, 1.82) is 0 Å². The highest BCUT2D eigenvalue weighted by atomic mass is 19.4. The van der Waals surface area contributed by atoms with Gasteiger partial charge < -0.3 is 14.8 Å². The zero-order chi connectivity index (χ0) is 26.3. The molecule has 11 heteroatoms. The van der Waals surface area contributed by atoms with Crippen LogP contribution >= 0.6 is 0 Å². The van der Waals surface area contributed by atoms with Crippen LogP contribution in [-0.2, 0) is 12.7 Å². The van der Waals surface area contributed by atoms with Gasteiger partial charge in [0.25, 0.3) is 5.82 Å². The number of halogens is 3. The van der Waals surface area contributed by atoms with Crippen LogP contribution in [0, 0.1) is 6.92 Å². The molecular weight excluding hydrogens is 487 g/mol. The molecule has 37 heavy (non-hydrogen) atoms. The molecule has 5 rings (SSSR count). The average Bonchev–Trinajstić information content (AvgIpc) is 3.56. The number of hydrogen-bond acceptors (Lipinski definition) is 5. The van der Waals surface area contributed by atoms with Crippen LogP contribution in [0.5, 0.6) is 5.75 Å². The van der Waals surface area contributed by atoms with Crippen molar-refractivity contribution in [2.45, 2.75) is 44.6 Å². The number of rotatable bonds is 6. The van der Waals surface area contributed by atoms with Crippen LogP contribution in [0.15, 0.2) is 48.9 Å². The third-order valence-electron chi connectivity index (χ3n) is 7.06. The molecule has 194 valence electrons. The van der Waals surface area contributed by atoms with E-state index >= 15 is 0 Å². The number of aryl methyl sites for hydroxylation is 1. The lowest BCUT2D eigenvalue weighted by Crippen LogP contribution is -2.38. The normalized spacial score (nSPS) is 18.8. The van der Waals surface area contributed by atoms with E-state index in [1.165, 1.54) is 4.68 Å².